The van der Waals surface area contributed by atoms with Gasteiger partial charge in [0.25, 0.3) is 0 Å². The predicted molar refractivity (Wildman–Crippen MR) is 99.6 cm³/mol. The standard InChI is InChI=1S/C19H21N3O3S/c1-2-24-12-15-6-4-3-5-14(15)11-20-17(23)7-8-18-21-22-19(25-18)16-9-10-26-13-16/h3-6,9-10,13H,2,7-8,11-12H2,1H3,(H,20,23). The first-order valence-corrected chi connectivity index (χ1v) is 9.46. The van der Waals surface area contributed by atoms with Crippen molar-refractivity contribution in [3.8, 4) is 11.5 Å². The van der Waals surface area contributed by atoms with E-state index >= 15 is 0 Å². The summed E-state index contributed by atoms with van der Waals surface area (Å²) in [5, 5.41) is 14.9. The second-order valence-corrected chi connectivity index (χ2v) is 6.48. The van der Waals surface area contributed by atoms with Crippen LogP contribution in [0.25, 0.3) is 11.5 Å². The molecule has 6 nitrogen and oxygen atoms in total. The Bertz CT molecular complexity index is 830. The second kappa shape index (κ2) is 9.26. The van der Waals surface area contributed by atoms with Crippen LogP contribution in [0.5, 0.6) is 0 Å². The molecule has 0 spiro atoms. The summed E-state index contributed by atoms with van der Waals surface area (Å²) >= 11 is 1.57. The van der Waals surface area contributed by atoms with Crippen LogP contribution in [0, 0.1) is 0 Å². The second-order valence-electron chi connectivity index (χ2n) is 5.70. The molecular formula is C19H21N3O3S. The van der Waals surface area contributed by atoms with Gasteiger partial charge in [-0.1, -0.05) is 24.3 Å². The molecule has 0 atom stereocenters. The van der Waals surface area contributed by atoms with E-state index in [9.17, 15) is 4.79 Å². The third-order valence-corrected chi connectivity index (χ3v) is 4.54. The number of hydrogen-bond donors (Lipinski definition) is 1. The number of aryl methyl sites for hydroxylation is 1. The Morgan fingerprint density at radius 2 is 2.08 bits per heavy atom. The Hall–Kier alpha value is -2.51. The van der Waals surface area contributed by atoms with Gasteiger partial charge >= 0.3 is 0 Å². The molecule has 26 heavy (non-hydrogen) atoms. The van der Waals surface area contributed by atoms with Gasteiger partial charge in [0, 0.05) is 36.9 Å². The van der Waals surface area contributed by atoms with Crippen molar-refractivity contribution < 1.29 is 13.9 Å². The van der Waals surface area contributed by atoms with Crippen molar-refractivity contribution in [1.82, 2.24) is 15.5 Å². The molecule has 3 aromatic rings. The zero-order valence-corrected chi connectivity index (χ0v) is 15.4. The minimum Gasteiger partial charge on any atom is -0.421 e. The molecule has 0 aliphatic carbocycles. The molecule has 2 heterocycles. The maximum Gasteiger partial charge on any atom is 0.248 e. The predicted octanol–water partition coefficient (Wildman–Crippen LogP) is 3.58. The number of nitrogens with one attached hydrogen (secondary N) is 1. The third-order valence-electron chi connectivity index (χ3n) is 3.86. The van der Waals surface area contributed by atoms with E-state index in [1.54, 1.807) is 11.3 Å². The van der Waals surface area contributed by atoms with Crippen LogP contribution in [0.15, 0.2) is 45.5 Å². The molecule has 0 aliphatic heterocycles. The number of carbonyl (C=O) groups excluding carboxylic acids is 1. The lowest BCUT2D eigenvalue weighted by molar-refractivity contribution is -0.121. The van der Waals surface area contributed by atoms with E-state index in [-0.39, 0.29) is 5.91 Å². The van der Waals surface area contributed by atoms with Crippen molar-refractivity contribution in [3.63, 3.8) is 0 Å². The van der Waals surface area contributed by atoms with Crippen LogP contribution in [-0.2, 0) is 29.1 Å². The highest BCUT2D eigenvalue weighted by Gasteiger charge is 2.11. The SMILES string of the molecule is CCOCc1ccccc1CNC(=O)CCc1nnc(-c2ccsc2)o1. The highest BCUT2D eigenvalue weighted by atomic mass is 32.1. The monoisotopic (exact) mass is 371 g/mol. The van der Waals surface area contributed by atoms with Crippen LogP contribution in [0.4, 0.5) is 0 Å². The summed E-state index contributed by atoms with van der Waals surface area (Å²) in [4.78, 5) is 12.1. The molecule has 1 aromatic carbocycles. The van der Waals surface area contributed by atoms with Crippen molar-refractivity contribution in [1.29, 1.82) is 0 Å². The fraction of sp³-hybridized carbons (Fsp3) is 0.316. The fourth-order valence-electron chi connectivity index (χ4n) is 2.44. The molecule has 0 radical (unpaired) electrons. The Kier molecular flexibility index (Phi) is 6.51. The molecular weight excluding hydrogens is 350 g/mol. The maximum atomic E-state index is 12.1. The van der Waals surface area contributed by atoms with Gasteiger partial charge in [0.05, 0.1) is 6.61 Å². The van der Waals surface area contributed by atoms with Gasteiger partial charge in [-0.05, 0) is 29.5 Å². The number of carbonyl (C=O) groups is 1. The highest BCUT2D eigenvalue weighted by molar-refractivity contribution is 7.08. The van der Waals surface area contributed by atoms with Crippen molar-refractivity contribution in [2.24, 2.45) is 0 Å². The summed E-state index contributed by atoms with van der Waals surface area (Å²) in [6.07, 6.45) is 0.725. The van der Waals surface area contributed by atoms with E-state index in [2.05, 4.69) is 15.5 Å². The first kappa shape index (κ1) is 18.3. The number of amides is 1. The molecule has 2 aromatic heterocycles. The van der Waals surface area contributed by atoms with E-state index in [1.165, 1.54) is 0 Å². The molecule has 0 fully saturated rings. The average Bonchev–Trinajstić information content (AvgIpc) is 3.35. The van der Waals surface area contributed by atoms with Crippen LogP contribution < -0.4 is 5.32 Å². The number of aromatic nitrogens is 2. The van der Waals surface area contributed by atoms with Crippen LogP contribution in [-0.4, -0.2) is 22.7 Å². The molecule has 0 saturated carbocycles. The van der Waals surface area contributed by atoms with E-state index in [1.807, 2.05) is 48.0 Å². The van der Waals surface area contributed by atoms with E-state index < -0.39 is 0 Å². The quantitative estimate of drug-likeness (QED) is 0.622. The van der Waals surface area contributed by atoms with Gasteiger partial charge in [0.15, 0.2) is 0 Å². The summed E-state index contributed by atoms with van der Waals surface area (Å²) in [6, 6.07) is 9.87. The van der Waals surface area contributed by atoms with Crippen LogP contribution in [0.2, 0.25) is 0 Å². The Balaban J connectivity index is 1.48. The number of rotatable bonds is 9. The van der Waals surface area contributed by atoms with Crippen molar-refractivity contribution in [2.45, 2.75) is 32.9 Å². The number of benzene rings is 1. The molecule has 136 valence electrons. The molecule has 0 unspecified atom stereocenters. The highest BCUT2D eigenvalue weighted by Crippen LogP contribution is 2.20. The topological polar surface area (TPSA) is 77.2 Å². The summed E-state index contributed by atoms with van der Waals surface area (Å²) in [5.74, 6) is 0.913. The van der Waals surface area contributed by atoms with E-state index in [4.69, 9.17) is 9.15 Å². The first-order chi connectivity index (χ1) is 12.8. The summed E-state index contributed by atoms with van der Waals surface area (Å²) in [7, 11) is 0. The van der Waals surface area contributed by atoms with E-state index in [0.29, 0.717) is 44.4 Å². The summed E-state index contributed by atoms with van der Waals surface area (Å²) in [5.41, 5.74) is 3.06. The molecule has 1 amide bonds. The van der Waals surface area contributed by atoms with Gasteiger partial charge in [0.1, 0.15) is 0 Å². The Morgan fingerprint density at radius 1 is 1.23 bits per heavy atom. The molecule has 7 heteroatoms. The average molecular weight is 371 g/mol. The smallest absolute Gasteiger partial charge is 0.248 e. The number of hydrogen-bond acceptors (Lipinski definition) is 6. The van der Waals surface area contributed by atoms with E-state index in [0.717, 1.165) is 16.7 Å². The van der Waals surface area contributed by atoms with Gasteiger partial charge in [-0.15, -0.1) is 10.2 Å². The zero-order chi connectivity index (χ0) is 18.2. The lowest BCUT2D eigenvalue weighted by Crippen LogP contribution is -2.23. The van der Waals surface area contributed by atoms with Crippen LogP contribution in [0.1, 0.15) is 30.4 Å². The van der Waals surface area contributed by atoms with Gasteiger partial charge < -0.3 is 14.5 Å². The number of thiophene rings is 1. The Labute approximate surface area is 156 Å². The zero-order valence-electron chi connectivity index (χ0n) is 14.6. The van der Waals surface area contributed by atoms with Crippen molar-refractivity contribution in [3.05, 3.63) is 58.1 Å². The van der Waals surface area contributed by atoms with Crippen molar-refractivity contribution >= 4 is 17.2 Å². The van der Waals surface area contributed by atoms with Gasteiger partial charge in [-0.3, -0.25) is 4.79 Å². The molecule has 3 rings (SSSR count). The summed E-state index contributed by atoms with van der Waals surface area (Å²) in [6.45, 7) is 3.66. The minimum atomic E-state index is -0.0495. The fourth-order valence-corrected chi connectivity index (χ4v) is 3.07. The Morgan fingerprint density at radius 3 is 2.85 bits per heavy atom. The lowest BCUT2D eigenvalue weighted by Gasteiger charge is -2.10. The number of nitrogens with zero attached hydrogens (tertiary/aromatic N) is 2. The maximum absolute atomic E-state index is 12.1. The van der Waals surface area contributed by atoms with Crippen LogP contribution >= 0.6 is 11.3 Å². The number of ether oxygens (including phenoxy) is 1. The molecule has 0 saturated heterocycles. The summed E-state index contributed by atoms with van der Waals surface area (Å²) < 4.78 is 11.1. The molecule has 0 bridgehead atoms. The minimum absolute atomic E-state index is 0.0495. The third kappa shape index (κ3) is 5.00. The molecule has 0 aliphatic rings. The lowest BCUT2D eigenvalue weighted by atomic mass is 10.1. The van der Waals surface area contributed by atoms with Gasteiger partial charge in [-0.2, -0.15) is 11.3 Å². The van der Waals surface area contributed by atoms with Gasteiger partial charge in [-0.25, -0.2) is 0 Å². The van der Waals surface area contributed by atoms with Crippen molar-refractivity contribution in [2.75, 3.05) is 6.61 Å². The van der Waals surface area contributed by atoms with Crippen LogP contribution in [0.3, 0.4) is 0 Å². The largest absolute Gasteiger partial charge is 0.421 e. The first-order valence-electron chi connectivity index (χ1n) is 8.52. The normalized spacial score (nSPS) is 10.8. The molecule has 1 N–H and O–H groups in total. The van der Waals surface area contributed by atoms with Gasteiger partial charge in [0.2, 0.25) is 17.7 Å².